The number of nitrogens with zero attached hydrogens (tertiary/aromatic N) is 2. The average Bonchev–Trinajstić information content (AvgIpc) is 2.89. The molecule has 1 unspecified atom stereocenters. The number of benzene rings is 2. The van der Waals surface area contributed by atoms with E-state index in [1.807, 2.05) is 36.4 Å². The van der Waals surface area contributed by atoms with Crippen LogP contribution in [0.1, 0.15) is 28.0 Å². The number of pyridine rings is 2. The normalized spacial score (nSPS) is 16.8. The third-order valence-corrected chi connectivity index (χ3v) is 6.03. The molecule has 0 fully saturated rings. The van der Waals surface area contributed by atoms with Crippen LogP contribution >= 0.6 is 0 Å². The Morgan fingerprint density at radius 1 is 1.06 bits per heavy atom. The van der Waals surface area contributed by atoms with Gasteiger partial charge in [-0.1, -0.05) is 24.3 Å². The summed E-state index contributed by atoms with van der Waals surface area (Å²) < 4.78 is 24.7. The maximum Gasteiger partial charge on any atom is 0.252 e. The maximum absolute atomic E-state index is 13.4. The van der Waals surface area contributed by atoms with Crippen LogP contribution in [0.25, 0.3) is 11.1 Å². The Bertz CT molecular complexity index is 1330. The van der Waals surface area contributed by atoms with Crippen LogP contribution in [0, 0.1) is 5.82 Å². The fraction of sp³-hybridized carbons (Fsp3) is 0.148. The van der Waals surface area contributed by atoms with Crippen molar-refractivity contribution < 1.29 is 18.7 Å². The van der Waals surface area contributed by atoms with Gasteiger partial charge in [-0.2, -0.15) is 0 Å². The van der Waals surface area contributed by atoms with E-state index >= 15 is 0 Å². The van der Waals surface area contributed by atoms with Gasteiger partial charge in [0.2, 0.25) is 0 Å². The summed E-state index contributed by atoms with van der Waals surface area (Å²) in [5.41, 5.74) is 2.73. The molecule has 3 heterocycles. The SMILES string of the molecule is COc1ccncc1-c1ccc(C2(NC(=O)c3ccc(F)cc3)CCOc3cccnc32)cc1. The van der Waals surface area contributed by atoms with Crippen molar-refractivity contribution in [3.05, 3.63) is 108 Å². The van der Waals surface area contributed by atoms with Crippen molar-refractivity contribution in [1.82, 2.24) is 15.3 Å². The van der Waals surface area contributed by atoms with Gasteiger partial charge >= 0.3 is 0 Å². The van der Waals surface area contributed by atoms with Crippen LogP contribution in [0.2, 0.25) is 0 Å². The second kappa shape index (κ2) is 8.94. The largest absolute Gasteiger partial charge is 0.496 e. The van der Waals surface area contributed by atoms with Gasteiger partial charge in [-0.15, -0.1) is 0 Å². The van der Waals surface area contributed by atoms with Crippen molar-refractivity contribution in [1.29, 1.82) is 0 Å². The van der Waals surface area contributed by atoms with Gasteiger partial charge in [-0.05, 0) is 53.6 Å². The molecular weight excluding hydrogens is 433 g/mol. The molecule has 1 aliphatic rings. The van der Waals surface area contributed by atoms with E-state index in [9.17, 15) is 9.18 Å². The van der Waals surface area contributed by atoms with Gasteiger partial charge in [0.15, 0.2) is 0 Å². The molecule has 1 aliphatic heterocycles. The third-order valence-electron chi connectivity index (χ3n) is 6.03. The Balaban J connectivity index is 1.58. The first-order valence-electron chi connectivity index (χ1n) is 10.9. The molecule has 0 saturated heterocycles. The number of nitrogens with one attached hydrogen (secondary N) is 1. The van der Waals surface area contributed by atoms with Crippen LogP contribution in [0.3, 0.4) is 0 Å². The molecule has 1 atom stereocenters. The highest BCUT2D eigenvalue weighted by atomic mass is 19.1. The predicted molar refractivity (Wildman–Crippen MR) is 125 cm³/mol. The summed E-state index contributed by atoms with van der Waals surface area (Å²) in [6.07, 6.45) is 5.60. The van der Waals surface area contributed by atoms with Crippen molar-refractivity contribution >= 4 is 5.91 Å². The summed E-state index contributed by atoms with van der Waals surface area (Å²) in [5, 5.41) is 3.18. The van der Waals surface area contributed by atoms with Crippen LogP contribution < -0.4 is 14.8 Å². The lowest BCUT2D eigenvalue weighted by molar-refractivity contribution is 0.0883. The van der Waals surface area contributed by atoms with Crippen molar-refractivity contribution in [2.75, 3.05) is 13.7 Å². The Hall–Kier alpha value is -4.26. The standard InChI is InChI=1S/C27H22FN3O3/c1-33-23-12-15-29-17-22(23)18-4-8-20(9-5-18)27(13-16-34-24-3-2-14-30-25(24)27)31-26(32)19-6-10-21(28)11-7-19/h2-12,14-15,17H,13,16H2,1H3,(H,31,32). The first kappa shape index (κ1) is 21.6. The molecule has 0 bridgehead atoms. The van der Waals surface area contributed by atoms with E-state index in [1.165, 1.54) is 24.3 Å². The minimum atomic E-state index is -0.919. The molecule has 0 aliphatic carbocycles. The number of hydrogen-bond acceptors (Lipinski definition) is 5. The van der Waals surface area contributed by atoms with Crippen LogP contribution in [0.4, 0.5) is 4.39 Å². The zero-order valence-electron chi connectivity index (χ0n) is 18.5. The van der Waals surface area contributed by atoms with Crippen molar-refractivity contribution in [2.24, 2.45) is 0 Å². The Morgan fingerprint density at radius 3 is 2.62 bits per heavy atom. The highest BCUT2D eigenvalue weighted by Crippen LogP contribution is 2.41. The molecule has 1 N–H and O–H groups in total. The molecule has 2 aromatic heterocycles. The fourth-order valence-corrected chi connectivity index (χ4v) is 4.31. The number of carbonyl (C=O) groups is 1. The lowest BCUT2D eigenvalue weighted by atomic mass is 9.80. The van der Waals surface area contributed by atoms with Crippen LogP contribution in [-0.4, -0.2) is 29.6 Å². The van der Waals surface area contributed by atoms with Crippen molar-refractivity contribution in [3.63, 3.8) is 0 Å². The van der Waals surface area contributed by atoms with E-state index in [0.717, 1.165) is 22.4 Å². The lowest BCUT2D eigenvalue weighted by Gasteiger charge is -2.39. The second-order valence-electron chi connectivity index (χ2n) is 7.97. The first-order valence-corrected chi connectivity index (χ1v) is 10.9. The first-order chi connectivity index (χ1) is 16.6. The van der Waals surface area contributed by atoms with Gasteiger partial charge < -0.3 is 14.8 Å². The minimum absolute atomic E-state index is 0.323. The minimum Gasteiger partial charge on any atom is -0.496 e. The summed E-state index contributed by atoms with van der Waals surface area (Å²) in [6.45, 7) is 0.403. The maximum atomic E-state index is 13.4. The van der Waals surface area contributed by atoms with Crippen LogP contribution in [0.15, 0.2) is 85.3 Å². The van der Waals surface area contributed by atoms with E-state index in [1.54, 1.807) is 31.8 Å². The number of methoxy groups -OCH3 is 1. The Morgan fingerprint density at radius 2 is 1.85 bits per heavy atom. The van der Waals surface area contributed by atoms with Gasteiger partial charge in [0.1, 0.15) is 28.5 Å². The molecule has 0 radical (unpaired) electrons. The van der Waals surface area contributed by atoms with Crippen molar-refractivity contribution in [3.8, 4) is 22.6 Å². The number of rotatable bonds is 5. The van der Waals surface area contributed by atoms with Gasteiger partial charge in [-0.3, -0.25) is 14.8 Å². The molecule has 4 aromatic rings. The van der Waals surface area contributed by atoms with Crippen LogP contribution in [-0.2, 0) is 5.54 Å². The van der Waals surface area contributed by atoms with E-state index in [2.05, 4.69) is 15.3 Å². The number of hydrogen-bond donors (Lipinski definition) is 1. The molecular formula is C27H22FN3O3. The molecule has 0 spiro atoms. The van der Waals surface area contributed by atoms with E-state index in [4.69, 9.17) is 9.47 Å². The molecule has 2 aromatic carbocycles. The van der Waals surface area contributed by atoms with Gasteiger partial charge in [0.05, 0.1) is 13.7 Å². The zero-order chi connectivity index (χ0) is 23.5. The van der Waals surface area contributed by atoms with E-state index < -0.39 is 11.4 Å². The summed E-state index contributed by atoms with van der Waals surface area (Å²) in [5.74, 6) is 0.619. The number of ether oxygens (including phenoxy) is 2. The topological polar surface area (TPSA) is 73.3 Å². The number of fused-ring (bicyclic) bond motifs is 1. The number of halogens is 1. The lowest BCUT2D eigenvalue weighted by Crippen LogP contribution is -2.50. The number of amides is 1. The average molecular weight is 455 g/mol. The molecule has 7 heteroatoms. The zero-order valence-corrected chi connectivity index (χ0v) is 18.5. The monoisotopic (exact) mass is 455 g/mol. The highest BCUT2D eigenvalue weighted by Gasteiger charge is 2.42. The summed E-state index contributed by atoms with van der Waals surface area (Å²) in [6, 6.07) is 18.8. The molecule has 1 amide bonds. The van der Waals surface area contributed by atoms with Gasteiger partial charge in [0, 0.05) is 36.1 Å². The van der Waals surface area contributed by atoms with Crippen molar-refractivity contribution in [2.45, 2.75) is 12.0 Å². The Labute approximate surface area is 196 Å². The van der Waals surface area contributed by atoms with E-state index in [-0.39, 0.29) is 5.91 Å². The highest BCUT2D eigenvalue weighted by molar-refractivity contribution is 5.95. The van der Waals surface area contributed by atoms with Gasteiger partial charge in [-0.25, -0.2) is 4.39 Å². The fourth-order valence-electron chi connectivity index (χ4n) is 4.31. The van der Waals surface area contributed by atoms with Crippen LogP contribution in [0.5, 0.6) is 11.5 Å². The quantitative estimate of drug-likeness (QED) is 0.470. The smallest absolute Gasteiger partial charge is 0.252 e. The number of aromatic nitrogens is 2. The summed E-state index contributed by atoms with van der Waals surface area (Å²) >= 11 is 0. The summed E-state index contributed by atoms with van der Waals surface area (Å²) in [4.78, 5) is 22.1. The van der Waals surface area contributed by atoms with E-state index in [0.29, 0.717) is 30.0 Å². The second-order valence-corrected chi connectivity index (χ2v) is 7.97. The molecule has 6 nitrogen and oxygen atoms in total. The third kappa shape index (κ3) is 3.85. The Kier molecular flexibility index (Phi) is 5.67. The summed E-state index contributed by atoms with van der Waals surface area (Å²) in [7, 11) is 1.62. The molecule has 5 rings (SSSR count). The van der Waals surface area contributed by atoms with Gasteiger partial charge in [0.25, 0.3) is 5.91 Å². The number of carbonyl (C=O) groups excluding carboxylic acids is 1. The molecule has 0 saturated carbocycles. The molecule has 34 heavy (non-hydrogen) atoms. The predicted octanol–water partition coefficient (Wildman–Crippen LogP) is 4.75. The molecule has 170 valence electrons.